The Morgan fingerprint density at radius 3 is 2.74 bits per heavy atom. The van der Waals surface area contributed by atoms with E-state index < -0.39 is 0 Å². The van der Waals surface area contributed by atoms with Crippen LogP contribution in [0.4, 0.5) is 0 Å². The predicted molar refractivity (Wildman–Crippen MR) is 82.7 cm³/mol. The van der Waals surface area contributed by atoms with Crippen molar-refractivity contribution in [2.45, 2.75) is 44.7 Å². The van der Waals surface area contributed by atoms with Gasteiger partial charge in [0.25, 0.3) is 0 Å². The third-order valence-corrected chi connectivity index (χ3v) is 5.89. The molecule has 0 aliphatic heterocycles. The van der Waals surface area contributed by atoms with Gasteiger partial charge in [0.05, 0.1) is 6.04 Å². The summed E-state index contributed by atoms with van der Waals surface area (Å²) in [6.07, 6.45) is 7.40. The number of nitrogens with one attached hydrogen (secondary N) is 1. The fraction of sp³-hybridized carbons (Fsp3) is 0.533. The van der Waals surface area contributed by atoms with E-state index >= 15 is 0 Å². The molecule has 1 N–H and O–H groups in total. The van der Waals surface area contributed by atoms with E-state index in [0.717, 1.165) is 5.92 Å². The molecule has 0 radical (unpaired) electrons. The molecule has 3 rings (SSSR count). The van der Waals surface area contributed by atoms with Crippen LogP contribution < -0.4 is 5.32 Å². The minimum Gasteiger partial charge on any atom is -0.300 e. The summed E-state index contributed by atoms with van der Waals surface area (Å²) in [5.41, 5.74) is 0. The highest BCUT2D eigenvalue weighted by molar-refractivity contribution is 7.10. The van der Waals surface area contributed by atoms with E-state index in [1.165, 1.54) is 35.6 Å². The maximum absolute atomic E-state index is 4.44. The lowest BCUT2D eigenvalue weighted by Crippen LogP contribution is -2.29. The van der Waals surface area contributed by atoms with Gasteiger partial charge in [-0.3, -0.25) is 0 Å². The van der Waals surface area contributed by atoms with Crippen LogP contribution in [0.25, 0.3) is 0 Å². The second kappa shape index (κ2) is 6.16. The minimum atomic E-state index is 0.340. The first-order valence-corrected chi connectivity index (χ1v) is 8.79. The Morgan fingerprint density at radius 2 is 2.11 bits per heavy atom. The average molecular weight is 292 g/mol. The maximum atomic E-state index is 4.44. The first-order valence-electron chi connectivity index (χ1n) is 7.03. The van der Waals surface area contributed by atoms with E-state index in [2.05, 4.69) is 40.1 Å². The molecule has 0 bridgehead atoms. The van der Waals surface area contributed by atoms with Crippen LogP contribution in [0.3, 0.4) is 0 Å². The molecule has 1 aliphatic carbocycles. The van der Waals surface area contributed by atoms with Crippen molar-refractivity contribution in [1.29, 1.82) is 0 Å². The summed E-state index contributed by atoms with van der Waals surface area (Å²) in [7, 11) is 0. The molecule has 1 fully saturated rings. The van der Waals surface area contributed by atoms with Crippen LogP contribution in [-0.2, 0) is 0 Å². The molecule has 1 saturated carbocycles. The SMILES string of the molecule is CC(NC(c1cccs1)C1CCCC1)c1nccs1. The van der Waals surface area contributed by atoms with Crippen molar-refractivity contribution in [3.05, 3.63) is 39.0 Å². The molecule has 0 saturated heterocycles. The topological polar surface area (TPSA) is 24.9 Å². The summed E-state index contributed by atoms with van der Waals surface area (Å²) in [5, 5.41) is 9.26. The first kappa shape index (κ1) is 13.3. The number of hydrogen-bond acceptors (Lipinski definition) is 4. The molecule has 2 aromatic heterocycles. The predicted octanol–water partition coefficient (Wildman–Crippen LogP) is 4.79. The summed E-state index contributed by atoms with van der Waals surface area (Å²) in [5.74, 6) is 0.793. The minimum absolute atomic E-state index is 0.340. The average Bonchev–Trinajstić information content (AvgIpc) is 3.17. The van der Waals surface area contributed by atoms with E-state index in [9.17, 15) is 0 Å². The lowest BCUT2D eigenvalue weighted by molar-refractivity contribution is 0.342. The van der Waals surface area contributed by atoms with Gasteiger partial charge in [0.1, 0.15) is 5.01 Å². The number of rotatable bonds is 5. The molecule has 4 heteroatoms. The van der Waals surface area contributed by atoms with Crippen molar-refractivity contribution >= 4 is 22.7 Å². The second-order valence-corrected chi connectivity index (χ2v) is 7.20. The summed E-state index contributed by atoms with van der Waals surface area (Å²) >= 11 is 3.62. The van der Waals surface area contributed by atoms with Gasteiger partial charge in [-0.1, -0.05) is 18.9 Å². The Bertz CT molecular complexity index is 472. The van der Waals surface area contributed by atoms with Gasteiger partial charge in [0.2, 0.25) is 0 Å². The third-order valence-electron chi connectivity index (χ3n) is 3.97. The van der Waals surface area contributed by atoms with Gasteiger partial charge in [0.15, 0.2) is 0 Å². The standard InChI is InChI=1S/C15H20N2S2/c1-11(15-16-8-10-19-15)17-14(12-5-2-3-6-12)13-7-4-9-18-13/h4,7-12,14,17H,2-3,5-6H2,1H3. The Hall–Kier alpha value is -0.710. The van der Waals surface area contributed by atoms with Gasteiger partial charge < -0.3 is 5.32 Å². The van der Waals surface area contributed by atoms with Crippen LogP contribution in [0.2, 0.25) is 0 Å². The van der Waals surface area contributed by atoms with Crippen molar-refractivity contribution in [3.63, 3.8) is 0 Å². The van der Waals surface area contributed by atoms with Gasteiger partial charge in [-0.15, -0.1) is 22.7 Å². The largest absolute Gasteiger partial charge is 0.300 e. The lowest BCUT2D eigenvalue weighted by Gasteiger charge is -2.26. The monoisotopic (exact) mass is 292 g/mol. The summed E-state index contributed by atoms with van der Waals surface area (Å²) in [4.78, 5) is 5.92. The van der Waals surface area contributed by atoms with Crippen LogP contribution in [-0.4, -0.2) is 4.98 Å². The van der Waals surface area contributed by atoms with Crippen molar-refractivity contribution in [1.82, 2.24) is 10.3 Å². The zero-order valence-electron chi connectivity index (χ0n) is 11.2. The van der Waals surface area contributed by atoms with Crippen LogP contribution in [0.5, 0.6) is 0 Å². The fourth-order valence-corrected chi connectivity index (χ4v) is 4.53. The zero-order valence-corrected chi connectivity index (χ0v) is 12.8. The smallest absolute Gasteiger partial charge is 0.109 e. The van der Waals surface area contributed by atoms with Crippen molar-refractivity contribution in [2.75, 3.05) is 0 Å². The van der Waals surface area contributed by atoms with E-state index in [1.807, 2.05) is 17.5 Å². The molecule has 0 spiro atoms. The number of thiazole rings is 1. The van der Waals surface area contributed by atoms with Crippen LogP contribution in [0.1, 0.15) is 54.6 Å². The number of aromatic nitrogens is 1. The highest BCUT2D eigenvalue weighted by Gasteiger charge is 2.28. The van der Waals surface area contributed by atoms with Gasteiger partial charge in [-0.25, -0.2) is 4.98 Å². The van der Waals surface area contributed by atoms with Crippen molar-refractivity contribution in [2.24, 2.45) is 5.92 Å². The molecule has 2 atom stereocenters. The molecule has 2 heterocycles. The quantitative estimate of drug-likeness (QED) is 0.857. The van der Waals surface area contributed by atoms with Gasteiger partial charge in [-0.05, 0) is 37.1 Å². The zero-order chi connectivity index (χ0) is 13.1. The Labute approximate surface area is 122 Å². The Morgan fingerprint density at radius 1 is 1.26 bits per heavy atom. The van der Waals surface area contributed by atoms with E-state index in [0.29, 0.717) is 12.1 Å². The number of nitrogens with zero attached hydrogens (tertiary/aromatic N) is 1. The molecule has 19 heavy (non-hydrogen) atoms. The first-order chi connectivity index (χ1) is 9.34. The van der Waals surface area contributed by atoms with Crippen LogP contribution in [0.15, 0.2) is 29.1 Å². The Balaban J connectivity index is 1.75. The molecular formula is C15H20N2S2. The summed E-state index contributed by atoms with van der Waals surface area (Å²) < 4.78 is 0. The van der Waals surface area contributed by atoms with Crippen LogP contribution >= 0.6 is 22.7 Å². The summed E-state index contributed by atoms with van der Waals surface area (Å²) in [6, 6.07) is 5.28. The molecule has 2 aromatic rings. The maximum Gasteiger partial charge on any atom is 0.109 e. The highest BCUT2D eigenvalue weighted by atomic mass is 32.1. The molecule has 102 valence electrons. The van der Waals surface area contributed by atoms with Gasteiger partial charge in [-0.2, -0.15) is 0 Å². The van der Waals surface area contributed by atoms with E-state index in [4.69, 9.17) is 0 Å². The lowest BCUT2D eigenvalue weighted by atomic mass is 9.96. The van der Waals surface area contributed by atoms with E-state index in [1.54, 1.807) is 11.3 Å². The van der Waals surface area contributed by atoms with Crippen molar-refractivity contribution < 1.29 is 0 Å². The number of thiophene rings is 1. The van der Waals surface area contributed by atoms with E-state index in [-0.39, 0.29) is 0 Å². The third kappa shape index (κ3) is 3.07. The molecular weight excluding hydrogens is 272 g/mol. The molecule has 2 nitrogen and oxygen atoms in total. The molecule has 2 unspecified atom stereocenters. The number of hydrogen-bond donors (Lipinski definition) is 1. The summed E-state index contributed by atoms with van der Waals surface area (Å²) in [6.45, 7) is 2.23. The molecule has 0 amide bonds. The van der Waals surface area contributed by atoms with Gasteiger partial charge in [0, 0.05) is 22.5 Å². The normalized spacial score (nSPS) is 19.6. The van der Waals surface area contributed by atoms with Crippen LogP contribution in [0, 0.1) is 5.92 Å². The molecule has 0 aromatic carbocycles. The van der Waals surface area contributed by atoms with Gasteiger partial charge >= 0.3 is 0 Å². The molecule has 1 aliphatic rings. The Kier molecular flexibility index (Phi) is 4.31. The second-order valence-electron chi connectivity index (χ2n) is 5.30. The highest BCUT2D eigenvalue weighted by Crippen LogP contribution is 2.38. The van der Waals surface area contributed by atoms with Crippen molar-refractivity contribution in [3.8, 4) is 0 Å². The fourth-order valence-electron chi connectivity index (χ4n) is 3.00.